The molecular formula is C18H27N5O3S. The fraction of sp³-hybridized carbons (Fsp3) is 0.667. The number of rotatable bonds is 4. The standard InChI is InChI=1S/C18H27N5O3S/c1-13-18(14(2)21(3)20-13)17-5-4-8-23(17)27(24,25)16-11-19-22(12-16)15-6-9-26-10-7-15/h11-12,15,17H,4-10H2,1-3H3. The molecule has 0 amide bonds. The minimum absolute atomic E-state index is 0.157. The zero-order valence-corrected chi connectivity index (χ0v) is 16.9. The van der Waals surface area contributed by atoms with Gasteiger partial charge in [-0.15, -0.1) is 0 Å². The number of aromatic nitrogens is 4. The van der Waals surface area contributed by atoms with Gasteiger partial charge < -0.3 is 4.74 Å². The van der Waals surface area contributed by atoms with E-state index in [0.717, 1.165) is 42.6 Å². The number of ether oxygens (including phenoxy) is 1. The molecule has 1 unspecified atom stereocenters. The number of nitrogens with zero attached hydrogens (tertiary/aromatic N) is 5. The average molecular weight is 394 g/mol. The predicted molar refractivity (Wildman–Crippen MR) is 99.9 cm³/mol. The summed E-state index contributed by atoms with van der Waals surface area (Å²) in [6.45, 7) is 5.88. The minimum Gasteiger partial charge on any atom is -0.381 e. The van der Waals surface area contributed by atoms with Crippen LogP contribution in [-0.2, 0) is 21.8 Å². The van der Waals surface area contributed by atoms with Crippen LogP contribution in [0.3, 0.4) is 0 Å². The van der Waals surface area contributed by atoms with Crippen LogP contribution in [0.25, 0.3) is 0 Å². The molecule has 8 nitrogen and oxygen atoms in total. The van der Waals surface area contributed by atoms with E-state index in [-0.39, 0.29) is 17.0 Å². The van der Waals surface area contributed by atoms with Gasteiger partial charge in [0.1, 0.15) is 4.90 Å². The smallest absolute Gasteiger partial charge is 0.246 e. The van der Waals surface area contributed by atoms with Gasteiger partial charge in [-0.2, -0.15) is 14.5 Å². The molecule has 4 rings (SSSR count). The zero-order chi connectivity index (χ0) is 19.2. The molecule has 4 heterocycles. The lowest BCUT2D eigenvalue weighted by Crippen LogP contribution is -2.31. The Kier molecular flexibility index (Phi) is 4.85. The van der Waals surface area contributed by atoms with Gasteiger partial charge in [0, 0.05) is 44.3 Å². The Hall–Kier alpha value is -1.71. The molecule has 2 aromatic heterocycles. The summed E-state index contributed by atoms with van der Waals surface area (Å²) in [5.41, 5.74) is 2.97. The SMILES string of the molecule is Cc1nn(C)c(C)c1C1CCCN1S(=O)(=O)c1cnn(C2CCOCC2)c1. The third-order valence-corrected chi connectivity index (χ3v) is 7.71. The lowest BCUT2D eigenvalue weighted by molar-refractivity contribution is 0.0662. The average Bonchev–Trinajstić information content (AvgIpc) is 3.37. The Bertz CT molecular complexity index is 927. The Balaban J connectivity index is 1.64. The third kappa shape index (κ3) is 3.21. The van der Waals surface area contributed by atoms with Crippen molar-refractivity contribution in [2.75, 3.05) is 19.8 Å². The van der Waals surface area contributed by atoms with Crippen LogP contribution in [0, 0.1) is 13.8 Å². The van der Waals surface area contributed by atoms with Gasteiger partial charge in [-0.25, -0.2) is 8.42 Å². The van der Waals surface area contributed by atoms with Crippen LogP contribution < -0.4 is 0 Å². The molecule has 27 heavy (non-hydrogen) atoms. The van der Waals surface area contributed by atoms with Crippen LogP contribution in [0.5, 0.6) is 0 Å². The number of aryl methyl sites for hydroxylation is 2. The van der Waals surface area contributed by atoms with Gasteiger partial charge in [-0.1, -0.05) is 0 Å². The summed E-state index contributed by atoms with van der Waals surface area (Å²) in [7, 11) is -1.70. The molecule has 9 heteroatoms. The molecule has 0 spiro atoms. The molecule has 0 aromatic carbocycles. The van der Waals surface area contributed by atoms with Crippen molar-refractivity contribution in [2.45, 2.75) is 56.5 Å². The third-order valence-electron chi connectivity index (χ3n) is 5.85. The number of hydrogen-bond acceptors (Lipinski definition) is 5. The molecule has 0 bridgehead atoms. The Morgan fingerprint density at radius 2 is 1.93 bits per heavy atom. The molecule has 1 atom stereocenters. The highest BCUT2D eigenvalue weighted by atomic mass is 32.2. The summed E-state index contributed by atoms with van der Waals surface area (Å²) < 4.78 is 37.4. The van der Waals surface area contributed by atoms with Gasteiger partial charge in [0.2, 0.25) is 10.0 Å². The van der Waals surface area contributed by atoms with Gasteiger partial charge in [0.25, 0.3) is 0 Å². The van der Waals surface area contributed by atoms with Crippen molar-refractivity contribution >= 4 is 10.0 Å². The Labute approximate surface area is 160 Å². The maximum absolute atomic E-state index is 13.4. The van der Waals surface area contributed by atoms with Crippen molar-refractivity contribution in [3.63, 3.8) is 0 Å². The summed E-state index contributed by atoms with van der Waals surface area (Å²) in [4.78, 5) is 0.278. The fourth-order valence-electron chi connectivity index (χ4n) is 4.33. The van der Waals surface area contributed by atoms with Crippen molar-refractivity contribution in [3.05, 3.63) is 29.3 Å². The zero-order valence-electron chi connectivity index (χ0n) is 16.1. The highest BCUT2D eigenvalue weighted by Gasteiger charge is 2.39. The molecule has 2 aliphatic rings. The maximum Gasteiger partial charge on any atom is 0.246 e. The lowest BCUT2D eigenvalue weighted by atomic mass is 10.0. The second kappa shape index (κ2) is 7.03. The van der Waals surface area contributed by atoms with E-state index in [4.69, 9.17) is 4.74 Å². The van der Waals surface area contributed by atoms with Crippen molar-refractivity contribution in [1.82, 2.24) is 23.9 Å². The highest BCUT2D eigenvalue weighted by molar-refractivity contribution is 7.89. The van der Waals surface area contributed by atoms with E-state index in [1.807, 2.05) is 25.6 Å². The van der Waals surface area contributed by atoms with E-state index < -0.39 is 10.0 Å². The van der Waals surface area contributed by atoms with Crippen molar-refractivity contribution < 1.29 is 13.2 Å². The Morgan fingerprint density at radius 3 is 2.59 bits per heavy atom. The molecular weight excluding hydrogens is 366 g/mol. The molecule has 2 aromatic rings. The minimum atomic E-state index is -3.60. The van der Waals surface area contributed by atoms with Crippen LogP contribution in [0.15, 0.2) is 17.3 Å². The molecule has 0 aliphatic carbocycles. The van der Waals surface area contributed by atoms with Crippen molar-refractivity contribution in [2.24, 2.45) is 7.05 Å². The van der Waals surface area contributed by atoms with Crippen molar-refractivity contribution in [1.29, 1.82) is 0 Å². The largest absolute Gasteiger partial charge is 0.381 e. The van der Waals surface area contributed by atoms with Crippen LogP contribution in [0.2, 0.25) is 0 Å². The maximum atomic E-state index is 13.4. The molecule has 148 valence electrons. The predicted octanol–water partition coefficient (Wildman–Crippen LogP) is 2.11. The van der Waals surface area contributed by atoms with E-state index in [2.05, 4.69) is 10.2 Å². The van der Waals surface area contributed by atoms with Gasteiger partial charge in [0.05, 0.1) is 24.0 Å². The summed E-state index contributed by atoms with van der Waals surface area (Å²) >= 11 is 0. The summed E-state index contributed by atoms with van der Waals surface area (Å²) in [5, 5.41) is 8.83. The van der Waals surface area contributed by atoms with E-state index in [9.17, 15) is 8.42 Å². The van der Waals surface area contributed by atoms with Crippen LogP contribution >= 0.6 is 0 Å². The van der Waals surface area contributed by atoms with Gasteiger partial charge in [-0.3, -0.25) is 9.36 Å². The monoisotopic (exact) mass is 393 g/mol. The number of sulfonamides is 1. The van der Waals surface area contributed by atoms with Crippen molar-refractivity contribution in [3.8, 4) is 0 Å². The fourth-order valence-corrected chi connectivity index (χ4v) is 5.93. The number of hydrogen-bond donors (Lipinski definition) is 0. The second-order valence-corrected chi connectivity index (χ2v) is 9.37. The normalized spacial score (nSPS) is 22.6. The van der Waals surface area contributed by atoms with E-state index in [1.165, 1.54) is 6.20 Å². The van der Waals surface area contributed by atoms with Crippen LogP contribution in [0.4, 0.5) is 0 Å². The van der Waals surface area contributed by atoms with Crippen LogP contribution in [-0.4, -0.2) is 52.0 Å². The molecule has 2 aliphatic heterocycles. The highest BCUT2D eigenvalue weighted by Crippen LogP contribution is 2.39. The van der Waals surface area contributed by atoms with Gasteiger partial charge in [-0.05, 0) is 39.5 Å². The summed E-state index contributed by atoms with van der Waals surface area (Å²) in [5.74, 6) is 0. The first-order valence-electron chi connectivity index (χ1n) is 9.53. The quantitative estimate of drug-likeness (QED) is 0.795. The topological polar surface area (TPSA) is 82.3 Å². The first-order chi connectivity index (χ1) is 12.9. The van der Waals surface area contributed by atoms with E-state index in [0.29, 0.717) is 19.8 Å². The van der Waals surface area contributed by atoms with Gasteiger partial charge in [0.15, 0.2) is 0 Å². The lowest BCUT2D eigenvalue weighted by Gasteiger charge is -2.24. The first-order valence-corrected chi connectivity index (χ1v) is 11.0. The van der Waals surface area contributed by atoms with Crippen LogP contribution in [0.1, 0.15) is 54.7 Å². The molecule has 0 radical (unpaired) electrons. The first kappa shape index (κ1) is 18.6. The molecule has 2 fully saturated rings. The molecule has 2 saturated heterocycles. The van der Waals surface area contributed by atoms with E-state index in [1.54, 1.807) is 15.2 Å². The summed E-state index contributed by atoms with van der Waals surface area (Å²) in [6.07, 6.45) is 6.57. The van der Waals surface area contributed by atoms with Gasteiger partial charge >= 0.3 is 0 Å². The van der Waals surface area contributed by atoms with E-state index >= 15 is 0 Å². The second-order valence-electron chi connectivity index (χ2n) is 7.48. The Morgan fingerprint density at radius 1 is 1.19 bits per heavy atom. The summed E-state index contributed by atoms with van der Waals surface area (Å²) in [6, 6.07) is 0.0509. The molecule has 0 N–H and O–H groups in total. The molecule has 0 saturated carbocycles.